The summed E-state index contributed by atoms with van der Waals surface area (Å²) in [6.07, 6.45) is 2.03. The first kappa shape index (κ1) is 20.9. The quantitative estimate of drug-likeness (QED) is 0.577. The maximum atomic E-state index is 13.5. The molecule has 2 amide bonds. The van der Waals surface area contributed by atoms with Crippen LogP contribution >= 0.6 is 11.9 Å². The molecule has 6 heteroatoms. The maximum absolute atomic E-state index is 13.5. The molecule has 0 bridgehead atoms. The predicted molar refractivity (Wildman–Crippen MR) is 125 cm³/mol. The summed E-state index contributed by atoms with van der Waals surface area (Å²) in [5.41, 5.74) is 8.98. The molecule has 0 saturated carbocycles. The van der Waals surface area contributed by atoms with E-state index in [1.54, 1.807) is 28.6 Å². The molecule has 156 valence electrons. The van der Waals surface area contributed by atoms with Gasteiger partial charge in [-0.3, -0.25) is 13.9 Å². The number of hydrogen-bond acceptors (Lipinski definition) is 4. The molecule has 1 atom stereocenters. The zero-order chi connectivity index (χ0) is 21.6. The number of nitrogens with zero attached hydrogens (tertiary/aromatic N) is 1. The molecule has 1 unspecified atom stereocenters. The number of nitrogens with two attached hydrogens (primary N) is 1. The highest BCUT2D eigenvalue weighted by Crippen LogP contribution is 2.37. The van der Waals surface area contributed by atoms with Crippen LogP contribution in [0.1, 0.15) is 33.1 Å². The summed E-state index contributed by atoms with van der Waals surface area (Å²) in [5, 5.41) is 2.92. The highest BCUT2D eigenvalue weighted by molar-refractivity contribution is 8.06. The third-order valence-electron chi connectivity index (χ3n) is 5.06. The monoisotopic (exact) mass is 429 g/mol. The Morgan fingerprint density at radius 3 is 2.23 bits per heavy atom. The van der Waals surface area contributed by atoms with Gasteiger partial charge in [0.15, 0.2) is 0 Å². The second-order valence-corrected chi connectivity index (χ2v) is 8.21. The molecule has 0 fully saturated rings. The van der Waals surface area contributed by atoms with Crippen LogP contribution in [0.15, 0.2) is 91.0 Å². The van der Waals surface area contributed by atoms with Gasteiger partial charge < -0.3 is 11.1 Å². The van der Waals surface area contributed by atoms with E-state index < -0.39 is 6.04 Å². The van der Waals surface area contributed by atoms with Crippen LogP contribution in [0.3, 0.4) is 0 Å². The Balaban J connectivity index is 1.56. The number of rotatable bonds is 6. The number of carbonyl (C=O) groups excluding carboxylic acids is 2. The predicted octanol–water partition coefficient (Wildman–Crippen LogP) is 4.15. The number of nitrogens with one attached hydrogen (secondary N) is 1. The zero-order valence-corrected chi connectivity index (χ0v) is 17.7. The van der Waals surface area contributed by atoms with Gasteiger partial charge in [0.2, 0.25) is 0 Å². The van der Waals surface area contributed by atoms with Crippen molar-refractivity contribution in [3.8, 4) is 0 Å². The van der Waals surface area contributed by atoms with E-state index in [0.29, 0.717) is 18.7 Å². The van der Waals surface area contributed by atoms with Crippen molar-refractivity contribution in [3.63, 3.8) is 0 Å². The normalized spacial score (nSPS) is 14.1. The molecule has 1 aliphatic rings. The Morgan fingerprint density at radius 2 is 1.58 bits per heavy atom. The van der Waals surface area contributed by atoms with Crippen molar-refractivity contribution in [3.05, 3.63) is 113 Å². The fraction of sp³-hybridized carbons (Fsp3) is 0.120. The molecule has 31 heavy (non-hydrogen) atoms. The number of benzene rings is 3. The van der Waals surface area contributed by atoms with Crippen molar-refractivity contribution in [2.75, 3.05) is 6.54 Å². The van der Waals surface area contributed by atoms with E-state index in [-0.39, 0.29) is 11.8 Å². The third-order valence-corrected chi connectivity index (χ3v) is 6.21. The number of carbonyl (C=O) groups is 2. The Labute approximate surface area is 186 Å². The lowest BCUT2D eigenvalue weighted by Gasteiger charge is -2.24. The van der Waals surface area contributed by atoms with Crippen LogP contribution in [0, 0.1) is 0 Å². The van der Waals surface area contributed by atoms with Crippen LogP contribution in [-0.2, 0) is 11.3 Å². The highest BCUT2D eigenvalue weighted by atomic mass is 32.2. The Bertz CT molecular complexity index is 1080. The molecule has 1 aliphatic heterocycles. The Hall–Kier alpha value is -3.35. The third kappa shape index (κ3) is 4.87. The van der Waals surface area contributed by atoms with Gasteiger partial charge in [-0.2, -0.15) is 0 Å². The molecule has 0 aliphatic carbocycles. The van der Waals surface area contributed by atoms with Crippen molar-refractivity contribution in [2.24, 2.45) is 5.73 Å². The molecule has 0 spiro atoms. The van der Waals surface area contributed by atoms with E-state index in [1.165, 1.54) is 11.9 Å². The van der Waals surface area contributed by atoms with Crippen LogP contribution in [-0.4, -0.2) is 22.7 Å². The summed E-state index contributed by atoms with van der Waals surface area (Å²) in [6.45, 7) is 0.897. The Kier molecular flexibility index (Phi) is 6.50. The van der Waals surface area contributed by atoms with Crippen molar-refractivity contribution in [1.29, 1.82) is 0 Å². The molecule has 3 aromatic rings. The summed E-state index contributed by atoms with van der Waals surface area (Å²) >= 11 is 1.40. The molecule has 0 aromatic heterocycles. The molecule has 5 nitrogen and oxygen atoms in total. The SMILES string of the molecule is NCc1ccc(C(NC(=O)c2ccccc2)C(=O)N2CC=C(c3ccccc3)S2)cc1. The van der Waals surface area contributed by atoms with Crippen LogP contribution in [0.5, 0.6) is 0 Å². The van der Waals surface area contributed by atoms with Crippen LogP contribution < -0.4 is 11.1 Å². The number of hydrogen-bond donors (Lipinski definition) is 2. The van der Waals surface area contributed by atoms with E-state index in [1.807, 2.05) is 66.7 Å². The topological polar surface area (TPSA) is 75.4 Å². The van der Waals surface area contributed by atoms with Gasteiger partial charge in [-0.15, -0.1) is 0 Å². The molecule has 0 radical (unpaired) electrons. The first-order chi connectivity index (χ1) is 15.2. The van der Waals surface area contributed by atoms with Crippen molar-refractivity contribution < 1.29 is 9.59 Å². The van der Waals surface area contributed by atoms with E-state index in [0.717, 1.165) is 21.6 Å². The van der Waals surface area contributed by atoms with Gasteiger partial charge in [0, 0.05) is 17.0 Å². The maximum Gasteiger partial charge on any atom is 0.260 e. The van der Waals surface area contributed by atoms with E-state index in [4.69, 9.17) is 5.73 Å². The van der Waals surface area contributed by atoms with Gasteiger partial charge in [0.1, 0.15) is 6.04 Å². The first-order valence-electron chi connectivity index (χ1n) is 10.1. The van der Waals surface area contributed by atoms with Gasteiger partial charge in [-0.05, 0) is 46.8 Å². The summed E-state index contributed by atoms with van der Waals surface area (Å²) in [5.74, 6) is -0.459. The first-order valence-corrected chi connectivity index (χ1v) is 10.8. The summed E-state index contributed by atoms with van der Waals surface area (Å²) in [6, 6.07) is 25.5. The largest absolute Gasteiger partial charge is 0.336 e. The second-order valence-electron chi connectivity index (χ2n) is 7.14. The van der Waals surface area contributed by atoms with Gasteiger partial charge >= 0.3 is 0 Å². The minimum absolute atomic E-state index is 0.169. The lowest BCUT2D eigenvalue weighted by Crippen LogP contribution is -2.39. The van der Waals surface area contributed by atoms with E-state index in [9.17, 15) is 9.59 Å². The van der Waals surface area contributed by atoms with Crippen molar-refractivity contribution in [2.45, 2.75) is 12.6 Å². The molecular formula is C25H23N3O2S. The molecule has 0 saturated heterocycles. The van der Waals surface area contributed by atoms with Gasteiger partial charge in [0.25, 0.3) is 11.8 Å². The van der Waals surface area contributed by atoms with Gasteiger partial charge in [-0.1, -0.05) is 72.8 Å². The fourth-order valence-electron chi connectivity index (χ4n) is 3.35. The average Bonchev–Trinajstić information content (AvgIpc) is 3.34. The van der Waals surface area contributed by atoms with Crippen molar-refractivity contribution >= 4 is 28.7 Å². The van der Waals surface area contributed by atoms with Crippen LogP contribution in [0.2, 0.25) is 0 Å². The lowest BCUT2D eigenvalue weighted by atomic mass is 10.0. The standard InChI is InChI=1S/C25H23N3O2S/c26-17-18-11-13-20(14-12-18)23(27-24(29)21-9-5-2-6-10-21)25(30)28-16-15-22(31-28)19-7-3-1-4-8-19/h1-15,23H,16-17,26H2,(H,27,29). The Morgan fingerprint density at radius 1 is 0.935 bits per heavy atom. The molecule has 4 rings (SSSR count). The molecule has 1 heterocycles. The average molecular weight is 430 g/mol. The zero-order valence-electron chi connectivity index (χ0n) is 16.9. The summed E-state index contributed by atoms with van der Waals surface area (Å²) in [4.78, 5) is 27.3. The minimum Gasteiger partial charge on any atom is -0.336 e. The van der Waals surface area contributed by atoms with Crippen LogP contribution in [0.25, 0.3) is 4.91 Å². The van der Waals surface area contributed by atoms with Gasteiger partial charge in [-0.25, -0.2) is 0 Å². The molecule has 3 aromatic carbocycles. The van der Waals surface area contributed by atoms with E-state index >= 15 is 0 Å². The fourth-order valence-corrected chi connectivity index (χ4v) is 4.32. The minimum atomic E-state index is -0.796. The van der Waals surface area contributed by atoms with E-state index in [2.05, 4.69) is 5.32 Å². The smallest absolute Gasteiger partial charge is 0.260 e. The van der Waals surface area contributed by atoms with Crippen LogP contribution in [0.4, 0.5) is 0 Å². The molecular weight excluding hydrogens is 406 g/mol. The van der Waals surface area contributed by atoms with Crippen molar-refractivity contribution in [1.82, 2.24) is 9.62 Å². The number of amides is 2. The summed E-state index contributed by atoms with van der Waals surface area (Å²) in [7, 11) is 0. The molecule has 3 N–H and O–H groups in total. The summed E-state index contributed by atoms with van der Waals surface area (Å²) < 4.78 is 1.69. The second kappa shape index (κ2) is 9.64. The lowest BCUT2D eigenvalue weighted by molar-refractivity contribution is -0.127. The van der Waals surface area contributed by atoms with Gasteiger partial charge in [0.05, 0.1) is 6.54 Å². The highest BCUT2D eigenvalue weighted by Gasteiger charge is 2.31.